The number of hydrogen-bond donors (Lipinski definition) is 2. The predicted octanol–water partition coefficient (Wildman–Crippen LogP) is 2.35. The van der Waals surface area contributed by atoms with Crippen LogP contribution in [0.15, 0.2) is 12.1 Å². The summed E-state index contributed by atoms with van der Waals surface area (Å²) in [4.78, 5) is 11.4. The molecular weight excluding hydrogens is 256 g/mol. The van der Waals surface area contributed by atoms with Crippen molar-refractivity contribution in [3.63, 3.8) is 0 Å². The molecule has 0 fully saturated rings. The van der Waals surface area contributed by atoms with Gasteiger partial charge in [0.2, 0.25) is 5.91 Å². The molecule has 1 amide bonds. The lowest BCUT2D eigenvalue weighted by atomic mass is 10.0. The molecule has 0 aliphatic carbocycles. The van der Waals surface area contributed by atoms with E-state index < -0.39 is 0 Å². The van der Waals surface area contributed by atoms with Gasteiger partial charge in [-0.05, 0) is 38.8 Å². The third kappa shape index (κ3) is 3.87. The Hall–Kier alpha value is -1.75. The quantitative estimate of drug-likeness (QED) is 0.655. The predicted molar refractivity (Wildman–Crippen MR) is 79.0 cm³/mol. The van der Waals surface area contributed by atoms with Crippen LogP contribution in [0.4, 0.5) is 11.4 Å². The van der Waals surface area contributed by atoms with Gasteiger partial charge in [0.25, 0.3) is 0 Å². The van der Waals surface area contributed by atoms with Crippen LogP contribution >= 0.6 is 0 Å². The van der Waals surface area contributed by atoms with Crippen molar-refractivity contribution < 1.29 is 14.3 Å². The standard InChI is InChI=1S/C15H22N2O3/c1-15(2,3)20-7-6-19-13-9-12-10(8-11(13)16)4-5-14(18)17-12/h8-9H,4-7,16H2,1-3H3,(H,17,18). The van der Waals surface area contributed by atoms with E-state index in [9.17, 15) is 4.79 Å². The molecule has 1 aliphatic heterocycles. The maximum Gasteiger partial charge on any atom is 0.224 e. The third-order valence-electron chi connectivity index (χ3n) is 3.01. The fourth-order valence-corrected chi connectivity index (χ4v) is 2.05. The second kappa shape index (κ2) is 5.71. The summed E-state index contributed by atoms with van der Waals surface area (Å²) < 4.78 is 11.2. The van der Waals surface area contributed by atoms with Gasteiger partial charge in [-0.25, -0.2) is 0 Å². The van der Waals surface area contributed by atoms with Crippen LogP contribution in [0, 0.1) is 0 Å². The van der Waals surface area contributed by atoms with E-state index in [0.29, 0.717) is 31.1 Å². The van der Waals surface area contributed by atoms with Gasteiger partial charge in [0.15, 0.2) is 0 Å². The topological polar surface area (TPSA) is 73.6 Å². The van der Waals surface area contributed by atoms with Gasteiger partial charge < -0.3 is 20.5 Å². The lowest BCUT2D eigenvalue weighted by Crippen LogP contribution is -2.23. The number of carbonyl (C=O) groups excluding carboxylic acids is 1. The Morgan fingerprint density at radius 1 is 1.25 bits per heavy atom. The molecule has 2 rings (SSSR count). The van der Waals surface area contributed by atoms with Crippen molar-refractivity contribution in [1.82, 2.24) is 0 Å². The van der Waals surface area contributed by atoms with Crippen molar-refractivity contribution in [3.05, 3.63) is 17.7 Å². The van der Waals surface area contributed by atoms with Crippen LogP contribution in [0.1, 0.15) is 32.8 Å². The fourth-order valence-electron chi connectivity index (χ4n) is 2.05. The Labute approximate surface area is 119 Å². The second-order valence-corrected chi connectivity index (χ2v) is 5.90. The fraction of sp³-hybridized carbons (Fsp3) is 0.533. The zero-order chi connectivity index (χ0) is 14.8. The van der Waals surface area contributed by atoms with Gasteiger partial charge in [0.1, 0.15) is 12.4 Å². The highest BCUT2D eigenvalue weighted by Gasteiger charge is 2.17. The number of nitrogens with two attached hydrogens (primary N) is 1. The maximum absolute atomic E-state index is 11.4. The third-order valence-corrected chi connectivity index (χ3v) is 3.01. The van der Waals surface area contributed by atoms with Crippen LogP contribution < -0.4 is 15.8 Å². The number of nitrogens with one attached hydrogen (secondary N) is 1. The zero-order valence-electron chi connectivity index (χ0n) is 12.3. The van der Waals surface area contributed by atoms with Crippen molar-refractivity contribution in [3.8, 4) is 5.75 Å². The number of ether oxygens (including phenoxy) is 2. The first-order valence-corrected chi connectivity index (χ1v) is 6.84. The summed E-state index contributed by atoms with van der Waals surface area (Å²) in [6.07, 6.45) is 1.23. The number of rotatable bonds is 4. The van der Waals surface area contributed by atoms with Gasteiger partial charge >= 0.3 is 0 Å². The molecule has 1 aromatic carbocycles. The summed E-state index contributed by atoms with van der Waals surface area (Å²) in [6.45, 7) is 6.90. The van der Waals surface area contributed by atoms with Crippen LogP contribution in [-0.2, 0) is 16.0 Å². The van der Waals surface area contributed by atoms with E-state index in [4.69, 9.17) is 15.2 Å². The van der Waals surface area contributed by atoms with Crippen LogP contribution in [0.2, 0.25) is 0 Å². The van der Waals surface area contributed by atoms with Crippen LogP contribution in [-0.4, -0.2) is 24.7 Å². The molecule has 0 saturated carbocycles. The average molecular weight is 278 g/mol. The average Bonchev–Trinajstić information content (AvgIpc) is 2.34. The van der Waals surface area contributed by atoms with Gasteiger partial charge in [-0.1, -0.05) is 0 Å². The van der Waals surface area contributed by atoms with Crippen molar-refractivity contribution in [2.24, 2.45) is 0 Å². The molecule has 0 spiro atoms. The number of amides is 1. The minimum absolute atomic E-state index is 0.0317. The normalized spacial score (nSPS) is 14.7. The van der Waals surface area contributed by atoms with Crippen molar-refractivity contribution >= 4 is 17.3 Å². The molecule has 20 heavy (non-hydrogen) atoms. The lowest BCUT2D eigenvalue weighted by Gasteiger charge is -2.21. The summed E-state index contributed by atoms with van der Waals surface area (Å²) in [7, 11) is 0. The van der Waals surface area contributed by atoms with Gasteiger partial charge in [0, 0.05) is 18.2 Å². The number of nitrogen functional groups attached to an aromatic ring is 1. The molecule has 1 aliphatic rings. The Bertz CT molecular complexity index is 507. The number of anilines is 2. The van der Waals surface area contributed by atoms with Gasteiger partial charge in [-0.15, -0.1) is 0 Å². The molecule has 110 valence electrons. The summed E-state index contributed by atoms with van der Waals surface area (Å²) >= 11 is 0. The number of benzene rings is 1. The van der Waals surface area contributed by atoms with Gasteiger partial charge in [0.05, 0.1) is 17.9 Å². The highest BCUT2D eigenvalue weighted by Crippen LogP contribution is 2.32. The van der Waals surface area contributed by atoms with Crippen LogP contribution in [0.3, 0.4) is 0 Å². The molecule has 5 nitrogen and oxygen atoms in total. The van der Waals surface area contributed by atoms with Gasteiger partial charge in [-0.2, -0.15) is 0 Å². The summed E-state index contributed by atoms with van der Waals surface area (Å²) in [5.41, 5.74) is 8.23. The number of fused-ring (bicyclic) bond motifs is 1. The van der Waals surface area contributed by atoms with E-state index in [1.54, 1.807) is 6.07 Å². The van der Waals surface area contributed by atoms with E-state index >= 15 is 0 Å². The minimum Gasteiger partial charge on any atom is -0.489 e. The molecule has 0 aromatic heterocycles. The molecule has 0 unspecified atom stereocenters. The zero-order valence-corrected chi connectivity index (χ0v) is 12.3. The van der Waals surface area contributed by atoms with E-state index in [0.717, 1.165) is 17.7 Å². The highest BCUT2D eigenvalue weighted by atomic mass is 16.5. The van der Waals surface area contributed by atoms with E-state index in [-0.39, 0.29) is 11.5 Å². The summed E-state index contributed by atoms with van der Waals surface area (Å²) in [5, 5.41) is 2.84. The number of carbonyl (C=O) groups is 1. The lowest BCUT2D eigenvalue weighted by molar-refractivity contribution is -0.116. The SMILES string of the molecule is CC(C)(C)OCCOc1cc2c(cc1N)CCC(=O)N2. The minimum atomic E-state index is -0.182. The van der Waals surface area contributed by atoms with E-state index in [2.05, 4.69) is 5.32 Å². The molecule has 0 saturated heterocycles. The summed E-state index contributed by atoms with van der Waals surface area (Å²) in [6, 6.07) is 3.66. The first kappa shape index (κ1) is 14.7. The van der Waals surface area contributed by atoms with E-state index in [1.807, 2.05) is 26.8 Å². The molecule has 5 heteroatoms. The number of aryl methyl sites for hydroxylation is 1. The molecule has 0 atom stereocenters. The highest BCUT2D eigenvalue weighted by molar-refractivity contribution is 5.94. The summed E-state index contributed by atoms with van der Waals surface area (Å²) in [5.74, 6) is 0.618. The smallest absolute Gasteiger partial charge is 0.224 e. The monoisotopic (exact) mass is 278 g/mol. The van der Waals surface area contributed by atoms with Crippen molar-refractivity contribution in [1.29, 1.82) is 0 Å². The van der Waals surface area contributed by atoms with Crippen molar-refractivity contribution in [2.45, 2.75) is 39.2 Å². The maximum atomic E-state index is 11.4. The molecular formula is C15H22N2O3. The van der Waals surface area contributed by atoms with Crippen LogP contribution in [0.5, 0.6) is 5.75 Å². The first-order valence-electron chi connectivity index (χ1n) is 6.84. The molecule has 3 N–H and O–H groups in total. The molecule has 1 aromatic rings. The Morgan fingerprint density at radius 3 is 2.70 bits per heavy atom. The molecule has 0 bridgehead atoms. The largest absolute Gasteiger partial charge is 0.489 e. The van der Waals surface area contributed by atoms with Crippen molar-refractivity contribution in [2.75, 3.05) is 24.3 Å². The Balaban J connectivity index is 1.98. The second-order valence-electron chi connectivity index (χ2n) is 5.90. The molecule has 0 radical (unpaired) electrons. The van der Waals surface area contributed by atoms with Crippen LogP contribution in [0.25, 0.3) is 0 Å². The Kier molecular flexibility index (Phi) is 4.18. The molecule has 1 heterocycles. The first-order chi connectivity index (χ1) is 9.35. The van der Waals surface area contributed by atoms with E-state index in [1.165, 1.54) is 0 Å². The number of hydrogen-bond acceptors (Lipinski definition) is 4. The van der Waals surface area contributed by atoms with Gasteiger partial charge in [-0.3, -0.25) is 4.79 Å². The Morgan fingerprint density at radius 2 is 2.00 bits per heavy atom.